The summed E-state index contributed by atoms with van der Waals surface area (Å²) in [4.78, 5) is 17.2. The van der Waals surface area contributed by atoms with Gasteiger partial charge in [-0.15, -0.1) is 0 Å². The van der Waals surface area contributed by atoms with Crippen molar-refractivity contribution in [3.8, 4) is 5.75 Å². The number of halogens is 2. The van der Waals surface area contributed by atoms with Crippen LogP contribution in [0.2, 0.25) is 0 Å². The first kappa shape index (κ1) is 19.1. The molecule has 1 aliphatic carbocycles. The Hall–Kier alpha value is -2.70. The molecular weight excluding hydrogens is 352 g/mol. The molecule has 1 heterocycles. The lowest BCUT2D eigenvalue weighted by molar-refractivity contribution is 0.0719. The summed E-state index contributed by atoms with van der Waals surface area (Å²) in [5.41, 5.74) is 0.110. The van der Waals surface area contributed by atoms with Crippen LogP contribution in [0.15, 0.2) is 30.3 Å². The molecular formula is C20H23F2N3O2. The molecule has 1 saturated carbocycles. The number of aromatic nitrogens is 1. The first-order chi connectivity index (χ1) is 12.8. The monoisotopic (exact) mass is 375 g/mol. The number of hydrogen-bond acceptors (Lipinski definition) is 4. The number of ether oxygens (including phenoxy) is 1. The zero-order chi connectivity index (χ0) is 19.6. The van der Waals surface area contributed by atoms with Crippen molar-refractivity contribution in [2.24, 2.45) is 5.92 Å². The average molecular weight is 375 g/mol. The van der Waals surface area contributed by atoms with Crippen LogP contribution in [0.1, 0.15) is 43.6 Å². The molecule has 0 radical (unpaired) electrons. The number of nitrogens with zero attached hydrogens (tertiary/aromatic N) is 1. The Morgan fingerprint density at radius 2 is 1.85 bits per heavy atom. The normalized spacial score (nSPS) is 15.2. The minimum atomic E-state index is -0.701. The zero-order valence-corrected chi connectivity index (χ0v) is 15.6. The third-order valence-corrected chi connectivity index (χ3v) is 5.14. The van der Waals surface area contributed by atoms with Crippen molar-refractivity contribution in [2.75, 3.05) is 12.4 Å². The Morgan fingerprint density at radius 1 is 1.19 bits per heavy atom. The lowest BCUT2D eigenvalue weighted by Crippen LogP contribution is -2.57. The first-order valence-corrected chi connectivity index (χ1v) is 8.93. The minimum absolute atomic E-state index is 0.131. The van der Waals surface area contributed by atoms with E-state index in [0.717, 1.165) is 37.5 Å². The second kappa shape index (κ2) is 7.50. The molecule has 1 aliphatic rings. The van der Waals surface area contributed by atoms with Crippen LogP contribution in [-0.4, -0.2) is 23.5 Å². The van der Waals surface area contributed by atoms with Crippen LogP contribution >= 0.6 is 0 Å². The van der Waals surface area contributed by atoms with E-state index in [-0.39, 0.29) is 28.6 Å². The molecule has 2 aromatic rings. The number of nitrogens with one attached hydrogen (secondary N) is 2. The Bertz CT molecular complexity index is 831. The maximum atomic E-state index is 13.4. The van der Waals surface area contributed by atoms with Crippen LogP contribution in [0.25, 0.3) is 0 Å². The molecule has 1 fully saturated rings. The second-order valence-corrected chi connectivity index (χ2v) is 7.15. The van der Waals surface area contributed by atoms with Crippen molar-refractivity contribution in [1.82, 2.24) is 10.3 Å². The highest BCUT2D eigenvalue weighted by molar-refractivity contribution is 5.96. The van der Waals surface area contributed by atoms with Crippen molar-refractivity contribution in [3.63, 3.8) is 0 Å². The highest BCUT2D eigenvalue weighted by Gasteiger charge is 2.41. The molecule has 27 heavy (non-hydrogen) atoms. The molecule has 5 nitrogen and oxygen atoms in total. The number of anilines is 2. The first-order valence-electron chi connectivity index (χ1n) is 8.93. The quantitative estimate of drug-likeness (QED) is 0.785. The van der Waals surface area contributed by atoms with E-state index < -0.39 is 11.6 Å². The second-order valence-electron chi connectivity index (χ2n) is 7.15. The van der Waals surface area contributed by atoms with Gasteiger partial charge >= 0.3 is 0 Å². The maximum absolute atomic E-state index is 13.4. The summed E-state index contributed by atoms with van der Waals surface area (Å²) in [6.45, 7) is 4.17. The van der Waals surface area contributed by atoms with Crippen LogP contribution in [0.4, 0.5) is 20.3 Å². The van der Waals surface area contributed by atoms with E-state index in [0.29, 0.717) is 11.7 Å². The summed E-state index contributed by atoms with van der Waals surface area (Å²) < 4.78 is 32.0. The lowest BCUT2D eigenvalue weighted by atomic mass is 9.69. The number of rotatable bonds is 6. The number of benzene rings is 1. The molecule has 0 atom stereocenters. The van der Waals surface area contributed by atoms with Gasteiger partial charge in [0.1, 0.15) is 23.2 Å². The van der Waals surface area contributed by atoms with Gasteiger partial charge in [0.05, 0.1) is 7.11 Å². The number of carbonyl (C=O) groups is 1. The molecule has 0 saturated heterocycles. The Balaban J connectivity index is 1.86. The summed E-state index contributed by atoms with van der Waals surface area (Å²) in [5.74, 6) is -0.798. The molecule has 0 unspecified atom stereocenters. The van der Waals surface area contributed by atoms with Gasteiger partial charge in [-0.05, 0) is 49.4 Å². The molecule has 144 valence electrons. The largest absolute Gasteiger partial charge is 0.494 e. The van der Waals surface area contributed by atoms with Gasteiger partial charge in [0.25, 0.3) is 5.91 Å². The topological polar surface area (TPSA) is 63.2 Å². The number of amides is 1. The molecule has 7 heteroatoms. The summed E-state index contributed by atoms with van der Waals surface area (Å²) in [6.07, 6.45) is 2.94. The standard InChI is InChI=1S/C20H23F2N3O2/c1-12(2)20(7-4-8-20)25-19(26)18-16(27-3)5-6-17(24-18)23-15-10-13(21)9-14(22)11-15/h5-6,9-12H,4,7-8H2,1-3H3,(H,23,24)(H,25,26). The van der Waals surface area contributed by atoms with E-state index in [1.165, 1.54) is 7.11 Å². The summed E-state index contributed by atoms with van der Waals surface area (Å²) in [5, 5.41) is 5.92. The molecule has 2 N–H and O–H groups in total. The smallest absolute Gasteiger partial charge is 0.274 e. The average Bonchev–Trinajstić information content (AvgIpc) is 2.56. The molecule has 1 aromatic carbocycles. The van der Waals surface area contributed by atoms with Gasteiger partial charge in [0.2, 0.25) is 0 Å². The van der Waals surface area contributed by atoms with Crippen LogP contribution in [0.5, 0.6) is 5.75 Å². The van der Waals surface area contributed by atoms with Crippen LogP contribution in [0, 0.1) is 17.6 Å². The third-order valence-electron chi connectivity index (χ3n) is 5.14. The van der Waals surface area contributed by atoms with Gasteiger partial charge in [0, 0.05) is 17.3 Å². The lowest BCUT2D eigenvalue weighted by Gasteiger charge is -2.46. The van der Waals surface area contributed by atoms with E-state index >= 15 is 0 Å². The predicted octanol–water partition coefficient (Wildman–Crippen LogP) is 4.42. The van der Waals surface area contributed by atoms with Crippen molar-refractivity contribution in [1.29, 1.82) is 0 Å². The summed E-state index contributed by atoms with van der Waals surface area (Å²) >= 11 is 0. The predicted molar refractivity (Wildman–Crippen MR) is 99.3 cm³/mol. The fourth-order valence-corrected chi connectivity index (χ4v) is 3.31. The zero-order valence-electron chi connectivity index (χ0n) is 15.6. The fraction of sp³-hybridized carbons (Fsp3) is 0.400. The van der Waals surface area contributed by atoms with Crippen LogP contribution < -0.4 is 15.4 Å². The molecule has 0 bridgehead atoms. The summed E-state index contributed by atoms with van der Waals surface area (Å²) in [6, 6.07) is 6.27. The van der Waals surface area contributed by atoms with Crippen molar-refractivity contribution < 1.29 is 18.3 Å². The SMILES string of the molecule is COc1ccc(Nc2cc(F)cc(F)c2)nc1C(=O)NC1(C(C)C)CCC1. The number of pyridine rings is 1. The van der Waals surface area contributed by atoms with Gasteiger partial charge in [-0.1, -0.05) is 13.8 Å². The van der Waals surface area contributed by atoms with Gasteiger partial charge in [-0.3, -0.25) is 4.79 Å². The van der Waals surface area contributed by atoms with Gasteiger partial charge < -0.3 is 15.4 Å². The van der Waals surface area contributed by atoms with Gasteiger partial charge in [-0.25, -0.2) is 13.8 Å². The number of carbonyl (C=O) groups excluding carboxylic acids is 1. The van der Waals surface area contributed by atoms with E-state index in [4.69, 9.17) is 4.74 Å². The van der Waals surface area contributed by atoms with Gasteiger partial charge in [-0.2, -0.15) is 0 Å². The van der Waals surface area contributed by atoms with Crippen LogP contribution in [-0.2, 0) is 0 Å². The highest BCUT2D eigenvalue weighted by Crippen LogP contribution is 2.38. The molecule has 0 spiro atoms. The minimum Gasteiger partial charge on any atom is -0.494 e. The molecule has 0 aliphatic heterocycles. The van der Waals surface area contributed by atoms with E-state index in [1.54, 1.807) is 12.1 Å². The van der Waals surface area contributed by atoms with E-state index in [2.05, 4.69) is 29.5 Å². The Morgan fingerprint density at radius 3 is 2.37 bits per heavy atom. The van der Waals surface area contributed by atoms with Gasteiger partial charge in [0.15, 0.2) is 5.69 Å². The van der Waals surface area contributed by atoms with Crippen molar-refractivity contribution >= 4 is 17.4 Å². The molecule has 1 aromatic heterocycles. The third kappa shape index (κ3) is 4.02. The van der Waals surface area contributed by atoms with Crippen LogP contribution in [0.3, 0.4) is 0 Å². The Kier molecular flexibility index (Phi) is 5.30. The van der Waals surface area contributed by atoms with E-state index in [9.17, 15) is 13.6 Å². The number of methoxy groups -OCH3 is 1. The molecule has 1 amide bonds. The fourth-order valence-electron chi connectivity index (χ4n) is 3.31. The summed E-state index contributed by atoms with van der Waals surface area (Å²) in [7, 11) is 1.46. The highest BCUT2D eigenvalue weighted by atomic mass is 19.1. The number of hydrogen-bond donors (Lipinski definition) is 2. The Labute approximate surface area is 157 Å². The maximum Gasteiger partial charge on any atom is 0.274 e. The van der Waals surface area contributed by atoms with Crippen molar-refractivity contribution in [2.45, 2.75) is 38.6 Å². The van der Waals surface area contributed by atoms with E-state index in [1.807, 2.05) is 0 Å². The molecule has 3 rings (SSSR count). The van der Waals surface area contributed by atoms with Crippen molar-refractivity contribution in [3.05, 3.63) is 47.7 Å².